The first-order valence-corrected chi connectivity index (χ1v) is 7.40. The molecule has 2 aromatic rings. The fourth-order valence-electron chi connectivity index (χ4n) is 2.85. The molecule has 1 fully saturated rings. The Labute approximate surface area is 133 Å². The van der Waals surface area contributed by atoms with Gasteiger partial charge >= 0.3 is 5.97 Å². The normalized spacial score (nSPS) is 17.1. The zero-order valence-electron chi connectivity index (χ0n) is 12.4. The second-order valence-electron chi connectivity index (χ2n) is 5.71. The van der Waals surface area contributed by atoms with Gasteiger partial charge in [0.05, 0.1) is 6.42 Å². The number of benzene rings is 2. The van der Waals surface area contributed by atoms with Crippen LogP contribution in [0.4, 0.5) is 4.39 Å². The first kappa shape index (κ1) is 15.2. The minimum atomic E-state index is -0.948. The molecule has 0 radical (unpaired) electrons. The van der Waals surface area contributed by atoms with Gasteiger partial charge in [0.15, 0.2) is 0 Å². The summed E-state index contributed by atoms with van der Waals surface area (Å²) in [5.74, 6) is -1.13. The predicted molar refractivity (Wildman–Crippen MR) is 83.5 cm³/mol. The lowest BCUT2D eigenvalue weighted by molar-refractivity contribution is -0.136. The number of rotatable bonds is 4. The summed E-state index contributed by atoms with van der Waals surface area (Å²) in [4.78, 5) is 22.1. The Balaban J connectivity index is 1.86. The van der Waals surface area contributed by atoms with Gasteiger partial charge in [-0.05, 0) is 28.8 Å². The van der Waals surface area contributed by atoms with E-state index in [1.54, 1.807) is 18.2 Å². The highest BCUT2D eigenvalue weighted by Gasteiger charge is 2.22. The summed E-state index contributed by atoms with van der Waals surface area (Å²) in [5.41, 5.74) is 2.67. The molecule has 1 heterocycles. The van der Waals surface area contributed by atoms with Crippen molar-refractivity contribution in [2.45, 2.75) is 18.8 Å². The van der Waals surface area contributed by atoms with Crippen molar-refractivity contribution in [3.63, 3.8) is 0 Å². The quantitative estimate of drug-likeness (QED) is 0.912. The third kappa shape index (κ3) is 3.39. The van der Waals surface area contributed by atoms with Crippen LogP contribution in [0.5, 0.6) is 0 Å². The van der Waals surface area contributed by atoms with E-state index in [2.05, 4.69) is 5.32 Å². The van der Waals surface area contributed by atoms with Gasteiger partial charge in [-0.15, -0.1) is 0 Å². The Bertz CT molecular complexity index is 755. The molecule has 4 nitrogen and oxygen atoms in total. The number of amides is 1. The molecule has 5 heteroatoms. The Kier molecular flexibility index (Phi) is 4.10. The van der Waals surface area contributed by atoms with Gasteiger partial charge in [-0.2, -0.15) is 0 Å². The SMILES string of the molecule is O=C(O)Cc1ccc(F)c(-c2ccc(C3CNC(=O)C3)cc2)c1. The molecule has 1 aliphatic rings. The molecular formula is C18H16FNO3. The van der Waals surface area contributed by atoms with Crippen LogP contribution in [0, 0.1) is 5.82 Å². The highest BCUT2D eigenvalue weighted by atomic mass is 19.1. The van der Waals surface area contributed by atoms with Crippen molar-refractivity contribution in [3.8, 4) is 11.1 Å². The van der Waals surface area contributed by atoms with E-state index in [1.165, 1.54) is 12.1 Å². The number of carboxylic acid groups (broad SMARTS) is 1. The summed E-state index contributed by atoms with van der Waals surface area (Å²) in [7, 11) is 0. The van der Waals surface area contributed by atoms with E-state index in [9.17, 15) is 14.0 Å². The van der Waals surface area contributed by atoms with Crippen molar-refractivity contribution in [2.24, 2.45) is 0 Å². The molecule has 3 rings (SSSR count). The van der Waals surface area contributed by atoms with E-state index < -0.39 is 5.97 Å². The summed E-state index contributed by atoms with van der Waals surface area (Å²) in [5, 5.41) is 11.6. The largest absolute Gasteiger partial charge is 0.481 e. The van der Waals surface area contributed by atoms with E-state index in [0.29, 0.717) is 29.7 Å². The zero-order chi connectivity index (χ0) is 16.4. The summed E-state index contributed by atoms with van der Waals surface area (Å²) in [6.07, 6.45) is 0.336. The van der Waals surface area contributed by atoms with Crippen LogP contribution in [0.15, 0.2) is 42.5 Å². The smallest absolute Gasteiger partial charge is 0.307 e. The number of hydrogen-bond donors (Lipinski definition) is 2. The molecule has 2 N–H and O–H groups in total. The Morgan fingerprint density at radius 1 is 1.22 bits per heavy atom. The fraction of sp³-hybridized carbons (Fsp3) is 0.222. The summed E-state index contributed by atoms with van der Waals surface area (Å²) in [6, 6.07) is 11.7. The standard InChI is InChI=1S/C18H16FNO3/c19-16-6-1-11(8-18(22)23)7-15(16)13-4-2-12(3-5-13)14-9-17(21)20-10-14/h1-7,14H,8-10H2,(H,20,21)(H,22,23). The van der Waals surface area contributed by atoms with Crippen LogP contribution in [0.2, 0.25) is 0 Å². The van der Waals surface area contributed by atoms with Crippen molar-refractivity contribution >= 4 is 11.9 Å². The second-order valence-corrected chi connectivity index (χ2v) is 5.71. The number of halogens is 1. The summed E-state index contributed by atoms with van der Waals surface area (Å²) < 4.78 is 14.0. The third-order valence-electron chi connectivity index (χ3n) is 4.06. The van der Waals surface area contributed by atoms with Gasteiger partial charge in [0, 0.05) is 24.4 Å². The molecule has 0 saturated carbocycles. The van der Waals surface area contributed by atoms with Crippen LogP contribution in [-0.4, -0.2) is 23.5 Å². The molecule has 1 aliphatic heterocycles. The maximum Gasteiger partial charge on any atom is 0.307 e. The van der Waals surface area contributed by atoms with Crippen LogP contribution in [0.3, 0.4) is 0 Å². The molecule has 1 unspecified atom stereocenters. The van der Waals surface area contributed by atoms with E-state index in [-0.39, 0.29) is 24.1 Å². The van der Waals surface area contributed by atoms with Crippen molar-refractivity contribution in [1.29, 1.82) is 0 Å². The molecular weight excluding hydrogens is 297 g/mol. The average Bonchev–Trinajstić information content (AvgIpc) is 2.95. The van der Waals surface area contributed by atoms with Gasteiger partial charge in [-0.25, -0.2) is 4.39 Å². The number of hydrogen-bond acceptors (Lipinski definition) is 2. The first-order chi connectivity index (χ1) is 11.0. The van der Waals surface area contributed by atoms with E-state index >= 15 is 0 Å². The second kappa shape index (κ2) is 6.20. The lowest BCUT2D eigenvalue weighted by atomic mass is 9.94. The fourth-order valence-corrected chi connectivity index (χ4v) is 2.85. The topological polar surface area (TPSA) is 66.4 Å². The first-order valence-electron chi connectivity index (χ1n) is 7.40. The zero-order valence-corrected chi connectivity index (χ0v) is 12.4. The van der Waals surface area contributed by atoms with Crippen LogP contribution < -0.4 is 5.32 Å². The molecule has 0 aromatic heterocycles. The number of aliphatic carboxylic acids is 1. The van der Waals surface area contributed by atoms with Crippen LogP contribution in [0.25, 0.3) is 11.1 Å². The summed E-state index contributed by atoms with van der Waals surface area (Å²) >= 11 is 0. The molecule has 0 bridgehead atoms. The molecule has 118 valence electrons. The number of carbonyl (C=O) groups is 2. The van der Waals surface area contributed by atoms with Gasteiger partial charge in [0.2, 0.25) is 5.91 Å². The number of nitrogens with one attached hydrogen (secondary N) is 1. The van der Waals surface area contributed by atoms with E-state index in [4.69, 9.17) is 5.11 Å². The van der Waals surface area contributed by atoms with Crippen molar-refractivity contribution in [2.75, 3.05) is 6.54 Å². The van der Waals surface area contributed by atoms with E-state index in [0.717, 1.165) is 5.56 Å². The molecule has 0 spiro atoms. The molecule has 23 heavy (non-hydrogen) atoms. The van der Waals surface area contributed by atoms with Gasteiger partial charge in [-0.3, -0.25) is 9.59 Å². The lowest BCUT2D eigenvalue weighted by Gasteiger charge is -2.10. The molecule has 0 aliphatic carbocycles. The van der Waals surface area contributed by atoms with Crippen LogP contribution >= 0.6 is 0 Å². The molecule has 2 aromatic carbocycles. The Morgan fingerprint density at radius 2 is 1.96 bits per heavy atom. The van der Waals surface area contributed by atoms with Gasteiger partial charge in [0.25, 0.3) is 0 Å². The molecule has 1 atom stereocenters. The Morgan fingerprint density at radius 3 is 2.57 bits per heavy atom. The number of carbonyl (C=O) groups excluding carboxylic acids is 1. The van der Waals surface area contributed by atoms with Crippen molar-refractivity contribution in [1.82, 2.24) is 5.32 Å². The monoisotopic (exact) mass is 313 g/mol. The minimum Gasteiger partial charge on any atom is -0.481 e. The van der Waals surface area contributed by atoms with Gasteiger partial charge in [-0.1, -0.05) is 30.3 Å². The lowest BCUT2D eigenvalue weighted by Crippen LogP contribution is -2.13. The number of carboxylic acids is 1. The molecule has 1 amide bonds. The highest BCUT2D eigenvalue weighted by molar-refractivity contribution is 5.79. The maximum atomic E-state index is 14.0. The highest BCUT2D eigenvalue weighted by Crippen LogP contribution is 2.28. The van der Waals surface area contributed by atoms with Gasteiger partial charge < -0.3 is 10.4 Å². The minimum absolute atomic E-state index is 0.0477. The van der Waals surface area contributed by atoms with Crippen molar-refractivity contribution < 1.29 is 19.1 Å². The maximum absolute atomic E-state index is 14.0. The summed E-state index contributed by atoms with van der Waals surface area (Å²) in [6.45, 7) is 0.626. The molecule has 1 saturated heterocycles. The van der Waals surface area contributed by atoms with E-state index in [1.807, 2.05) is 12.1 Å². The third-order valence-corrected chi connectivity index (χ3v) is 4.06. The van der Waals surface area contributed by atoms with Crippen molar-refractivity contribution in [3.05, 3.63) is 59.4 Å². The predicted octanol–water partition coefficient (Wildman–Crippen LogP) is 2.72. The van der Waals surface area contributed by atoms with Crippen LogP contribution in [-0.2, 0) is 16.0 Å². The Hall–Kier alpha value is -2.69. The average molecular weight is 313 g/mol. The van der Waals surface area contributed by atoms with Gasteiger partial charge in [0.1, 0.15) is 5.82 Å². The van der Waals surface area contributed by atoms with Crippen LogP contribution in [0.1, 0.15) is 23.5 Å².